The lowest BCUT2D eigenvalue weighted by Gasteiger charge is -2.18. The third-order valence-corrected chi connectivity index (χ3v) is 5.89. The van der Waals surface area contributed by atoms with Crippen molar-refractivity contribution in [2.75, 3.05) is 13.2 Å². The lowest BCUT2D eigenvalue weighted by molar-refractivity contribution is -0.141. The minimum atomic E-state index is -1.17. The number of ether oxygens (including phenoxy) is 1. The normalized spacial score (nSPS) is 13.7. The summed E-state index contributed by atoms with van der Waals surface area (Å²) in [5.74, 6) is 0.461. The van der Waals surface area contributed by atoms with E-state index in [0.29, 0.717) is 6.42 Å². The van der Waals surface area contributed by atoms with Gasteiger partial charge in [0, 0.05) is 25.3 Å². The molecule has 2 atom stereocenters. The van der Waals surface area contributed by atoms with Gasteiger partial charge in [-0.15, -0.1) is 12.3 Å². The molecule has 0 heterocycles. The van der Waals surface area contributed by atoms with E-state index in [0.717, 1.165) is 22.3 Å². The summed E-state index contributed by atoms with van der Waals surface area (Å²) in [6.07, 6.45) is 5.22. The summed E-state index contributed by atoms with van der Waals surface area (Å²) in [7, 11) is 0. The summed E-state index contributed by atoms with van der Waals surface area (Å²) in [6, 6.07) is 15.1. The van der Waals surface area contributed by atoms with Crippen LogP contribution in [0.1, 0.15) is 43.2 Å². The van der Waals surface area contributed by atoms with Gasteiger partial charge in [0.25, 0.3) is 0 Å². The molecule has 3 N–H and O–H groups in total. The Kier molecular flexibility index (Phi) is 8.09. The second-order valence-electron chi connectivity index (χ2n) is 8.05. The molecule has 2 aromatic rings. The van der Waals surface area contributed by atoms with E-state index in [1.165, 1.54) is 0 Å². The Morgan fingerprint density at radius 3 is 2.24 bits per heavy atom. The van der Waals surface area contributed by atoms with Crippen molar-refractivity contribution in [2.45, 2.75) is 38.1 Å². The van der Waals surface area contributed by atoms with Gasteiger partial charge in [0.15, 0.2) is 0 Å². The highest BCUT2D eigenvalue weighted by molar-refractivity contribution is 5.84. The zero-order valence-corrected chi connectivity index (χ0v) is 18.5. The van der Waals surface area contributed by atoms with E-state index in [-0.39, 0.29) is 37.8 Å². The van der Waals surface area contributed by atoms with Crippen molar-refractivity contribution in [3.05, 3.63) is 59.7 Å². The van der Waals surface area contributed by atoms with Crippen molar-refractivity contribution in [1.82, 2.24) is 10.6 Å². The van der Waals surface area contributed by atoms with Crippen LogP contribution in [0.25, 0.3) is 11.1 Å². The topological polar surface area (TPSA) is 105 Å². The summed E-state index contributed by atoms with van der Waals surface area (Å²) in [5.41, 5.74) is 4.58. The number of carboxylic acids is 1. The summed E-state index contributed by atoms with van der Waals surface area (Å²) in [5, 5.41) is 14.3. The van der Waals surface area contributed by atoms with Gasteiger partial charge in [-0.1, -0.05) is 61.9 Å². The van der Waals surface area contributed by atoms with Crippen LogP contribution in [0.5, 0.6) is 0 Å². The zero-order valence-electron chi connectivity index (χ0n) is 18.5. The number of rotatable bonds is 10. The van der Waals surface area contributed by atoms with Crippen molar-refractivity contribution in [3.63, 3.8) is 0 Å². The molecule has 7 nitrogen and oxygen atoms in total. The van der Waals surface area contributed by atoms with Gasteiger partial charge in [-0.2, -0.15) is 0 Å². The molecule has 2 unspecified atom stereocenters. The number of fused-ring (bicyclic) bond motifs is 3. The van der Waals surface area contributed by atoms with Crippen molar-refractivity contribution in [1.29, 1.82) is 0 Å². The number of nitrogens with one attached hydrogen (secondary N) is 2. The molecule has 0 aromatic heterocycles. The number of hydrogen-bond donors (Lipinski definition) is 3. The number of benzene rings is 2. The van der Waals surface area contributed by atoms with Gasteiger partial charge in [-0.25, -0.2) is 9.59 Å². The van der Waals surface area contributed by atoms with Gasteiger partial charge in [0.1, 0.15) is 12.6 Å². The monoisotopic (exact) mass is 448 g/mol. The predicted octanol–water partition coefficient (Wildman–Crippen LogP) is 3.53. The van der Waals surface area contributed by atoms with E-state index in [2.05, 4.69) is 40.8 Å². The molecule has 0 spiro atoms. The Balaban J connectivity index is 1.50. The van der Waals surface area contributed by atoms with Crippen LogP contribution >= 0.6 is 0 Å². The molecule has 7 heteroatoms. The molecule has 2 aromatic carbocycles. The molecular weight excluding hydrogens is 420 g/mol. The van der Waals surface area contributed by atoms with Gasteiger partial charge in [-0.05, 0) is 28.2 Å². The molecule has 0 saturated carbocycles. The molecule has 2 amide bonds. The SMILES string of the molecule is C#CCC(NC(=O)CC(CC)CNC(=O)OCC1c2ccccc2-c2ccccc21)C(=O)O. The van der Waals surface area contributed by atoms with E-state index >= 15 is 0 Å². The fourth-order valence-corrected chi connectivity index (χ4v) is 4.07. The number of hydrogen-bond acceptors (Lipinski definition) is 4. The van der Waals surface area contributed by atoms with Crippen LogP contribution in [0.3, 0.4) is 0 Å². The predicted molar refractivity (Wildman–Crippen MR) is 124 cm³/mol. The Hall–Kier alpha value is -3.79. The maximum absolute atomic E-state index is 12.3. The lowest BCUT2D eigenvalue weighted by Crippen LogP contribution is -2.42. The summed E-state index contributed by atoms with van der Waals surface area (Å²) in [6.45, 7) is 2.35. The number of carboxylic acid groups (broad SMARTS) is 1. The third kappa shape index (κ3) is 5.92. The highest BCUT2D eigenvalue weighted by atomic mass is 16.5. The second-order valence-corrected chi connectivity index (χ2v) is 8.05. The van der Waals surface area contributed by atoms with Crippen molar-refractivity contribution in [3.8, 4) is 23.5 Å². The van der Waals surface area contributed by atoms with E-state index in [4.69, 9.17) is 16.3 Å². The van der Waals surface area contributed by atoms with Gasteiger partial charge in [0.05, 0.1) is 0 Å². The first-order chi connectivity index (χ1) is 15.9. The van der Waals surface area contributed by atoms with Crippen LogP contribution < -0.4 is 10.6 Å². The Morgan fingerprint density at radius 2 is 1.70 bits per heavy atom. The highest BCUT2D eigenvalue weighted by Crippen LogP contribution is 2.44. The first kappa shape index (κ1) is 23.9. The van der Waals surface area contributed by atoms with Crippen molar-refractivity contribution < 1.29 is 24.2 Å². The third-order valence-electron chi connectivity index (χ3n) is 5.89. The first-order valence-corrected chi connectivity index (χ1v) is 11.0. The number of carbonyl (C=O) groups is 3. The number of terminal acetylenes is 1. The maximum atomic E-state index is 12.3. The lowest BCUT2D eigenvalue weighted by atomic mass is 9.98. The molecule has 0 saturated heterocycles. The average molecular weight is 449 g/mol. The van der Waals surface area contributed by atoms with Crippen LogP contribution in [0.15, 0.2) is 48.5 Å². The number of aliphatic carboxylic acids is 1. The minimum Gasteiger partial charge on any atom is -0.480 e. The zero-order chi connectivity index (χ0) is 23.8. The van der Waals surface area contributed by atoms with Crippen LogP contribution in [0.2, 0.25) is 0 Å². The van der Waals surface area contributed by atoms with Gasteiger partial charge in [-0.3, -0.25) is 4.79 Å². The Bertz CT molecular complexity index is 1010. The highest BCUT2D eigenvalue weighted by Gasteiger charge is 2.29. The van der Waals surface area contributed by atoms with Crippen LogP contribution in [0.4, 0.5) is 4.79 Å². The molecule has 1 aliphatic carbocycles. The second kappa shape index (κ2) is 11.2. The number of alkyl carbamates (subject to hydrolysis) is 1. The first-order valence-electron chi connectivity index (χ1n) is 11.0. The molecule has 33 heavy (non-hydrogen) atoms. The molecule has 3 rings (SSSR count). The standard InChI is InChI=1S/C26H28N2O5/c1-3-9-23(25(30)31)28-24(29)14-17(4-2)15-27-26(32)33-16-22-20-12-7-5-10-18(20)19-11-6-8-13-21(19)22/h1,5-8,10-13,17,22-23H,4,9,14-16H2,2H3,(H,27,32)(H,28,29)(H,30,31). The van der Waals surface area contributed by atoms with E-state index < -0.39 is 24.0 Å². The smallest absolute Gasteiger partial charge is 0.407 e. The Morgan fingerprint density at radius 1 is 1.09 bits per heavy atom. The van der Waals surface area contributed by atoms with E-state index in [9.17, 15) is 14.4 Å². The average Bonchev–Trinajstić information content (AvgIpc) is 3.13. The van der Waals surface area contributed by atoms with Crippen molar-refractivity contribution in [2.24, 2.45) is 5.92 Å². The maximum Gasteiger partial charge on any atom is 0.407 e. The minimum absolute atomic E-state index is 0.0278. The largest absolute Gasteiger partial charge is 0.480 e. The molecule has 0 fully saturated rings. The van der Waals surface area contributed by atoms with Gasteiger partial charge in [0.2, 0.25) is 5.91 Å². The molecule has 0 radical (unpaired) electrons. The van der Waals surface area contributed by atoms with E-state index in [1.54, 1.807) is 0 Å². The van der Waals surface area contributed by atoms with Crippen molar-refractivity contribution >= 4 is 18.0 Å². The molecule has 0 aliphatic heterocycles. The quantitative estimate of drug-likeness (QED) is 0.482. The summed E-state index contributed by atoms with van der Waals surface area (Å²) in [4.78, 5) is 35.7. The number of carbonyl (C=O) groups excluding carboxylic acids is 2. The fraction of sp³-hybridized carbons (Fsp3) is 0.346. The van der Waals surface area contributed by atoms with Crippen LogP contribution in [-0.2, 0) is 14.3 Å². The van der Waals surface area contributed by atoms with Gasteiger partial charge >= 0.3 is 12.1 Å². The Labute approximate surface area is 193 Å². The number of amides is 2. The summed E-state index contributed by atoms with van der Waals surface area (Å²) < 4.78 is 5.52. The molecular formula is C26H28N2O5. The van der Waals surface area contributed by atoms with Crippen LogP contribution in [-0.4, -0.2) is 42.3 Å². The van der Waals surface area contributed by atoms with Gasteiger partial charge < -0.3 is 20.5 Å². The molecule has 172 valence electrons. The summed E-state index contributed by atoms with van der Waals surface area (Å²) >= 11 is 0. The van der Waals surface area contributed by atoms with Crippen LogP contribution in [0, 0.1) is 18.3 Å². The van der Waals surface area contributed by atoms with E-state index in [1.807, 2.05) is 31.2 Å². The fourth-order valence-electron chi connectivity index (χ4n) is 4.07. The molecule has 0 bridgehead atoms. The molecule has 1 aliphatic rings.